The quantitative estimate of drug-likeness (QED) is 0.671. The summed E-state index contributed by atoms with van der Waals surface area (Å²) < 4.78 is 27.7. The Morgan fingerprint density at radius 3 is 2.16 bits per heavy atom. The molecule has 1 amide bonds. The third-order valence-corrected chi connectivity index (χ3v) is 8.40. The van der Waals surface area contributed by atoms with E-state index in [0.717, 1.165) is 25.2 Å². The number of carbonyl (C=O) groups is 1. The molecule has 2 unspecified atom stereocenters. The Balaban J connectivity index is 1.40. The number of piperidine rings is 1. The summed E-state index contributed by atoms with van der Waals surface area (Å²) in [4.78, 5) is 17.3. The van der Waals surface area contributed by atoms with Gasteiger partial charge in [-0.25, -0.2) is 8.42 Å². The topological polar surface area (TPSA) is 60.9 Å². The van der Waals surface area contributed by atoms with Gasteiger partial charge in [0.25, 0.3) is 5.91 Å². The summed E-state index contributed by atoms with van der Waals surface area (Å²) in [6, 6.07) is 14.1. The van der Waals surface area contributed by atoms with Gasteiger partial charge < -0.3 is 9.80 Å². The van der Waals surface area contributed by atoms with E-state index in [-0.39, 0.29) is 10.8 Å². The van der Waals surface area contributed by atoms with Gasteiger partial charge in [-0.2, -0.15) is 4.31 Å². The lowest BCUT2D eigenvalue weighted by Crippen LogP contribution is -2.48. The van der Waals surface area contributed by atoms with E-state index in [4.69, 9.17) is 11.6 Å². The van der Waals surface area contributed by atoms with E-state index in [1.165, 1.54) is 0 Å². The lowest BCUT2D eigenvalue weighted by molar-refractivity contribution is 0.0746. The Labute approximate surface area is 195 Å². The molecule has 4 rings (SSSR count). The number of hydrogen-bond donors (Lipinski definition) is 0. The molecule has 0 radical (unpaired) electrons. The van der Waals surface area contributed by atoms with Crippen LogP contribution in [0.25, 0.3) is 0 Å². The third-order valence-electron chi connectivity index (χ3n) is 6.31. The maximum absolute atomic E-state index is 13.1. The molecule has 2 saturated heterocycles. The fourth-order valence-electron chi connectivity index (χ4n) is 4.74. The first-order valence-corrected chi connectivity index (χ1v) is 13.0. The maximum Gasteiger partial charge on any atom is 0.253 e. The predicted molar refractivity (Wildman–Crippen MR) is 128 cm³/mol. The van der Waals surface area contributed by atoms with Crippen LogP contribution in [-0.4, -0.2) is 62.8 Å². The summed E-state index contributed by atoms with van der Waals surface area (Å²) in [6.45, 7) is 7.93. The molecule has 2 aromatic carbocycles. The monoisotopic (exact) mass is 475 g/mol. The molecule has 2 aliphatic rings. The zero-order valence-electron chi connectivity index (χ0n) is 18.6. The molecule has 2 atom stereocenters. The van der Waals surface area contributed by atoms with Gasteiger partial charge in [0.2, 0.25) is 10.0 Å². The Bertz CT molecular complexity index is 1060. The molecule has 0 spiro atoms. The van der Waals surface area contributed by atoms with E-state index in [9.17, 15) is 13.2 Å². The van der Waals surface area contributed by atoms with Crippen molar-refractivity contribution in [3.8, 4) is 0 Å². The van der Waals surface area contributed by atoms with Crippen molar-refractivity contribution in [1.29, 1.82) is 0 Å². The number of piperazine rings is 1. The SMILES string of the molecule is CC1CC(C)CN(S(=O)(=O)c2ccc(C(=O)N3CCN(c4cccc(Cl)c4)CC3)cc2)C1. The van der Waals surface area contributed by atoms with Gasteiger partial charge >= 0.3 is 0 Å². The molecule has 0 bridgehead atoms. The van der Waals surface area contributed by atoms with Crippen molar-refractivity contribution in [3.63, 3.8) is 0 Å². The van der Waals surface area contributed by atoms with Crippen LogP contribution in [0, 0.1) is 11.8 Å². The van der Waals surface area contributed by atoms with Crippen LogP contribution >= 0.6 is 11.6 Å². The van der Waals surface area contributed by atoms with Crippen LogP contribution in [0.5, 0.6) is 0 Å². The number of halogens is 1. The van der Waals surface area contributed by atoms with Crippen LogP contribution in [0.3, 0.4) is 0 Å². The summed E-state index contributed by atoms with van der Waals surface area (Å²) in [7, 11) is -3.55. The van der Waals surface area contributed by atoms with Gasteiger partial charge in [0, 0.05) is 55.5 Å². The maximum atomic E-state index is 13.1. The summed E-state index contributed by atoms with van der Waals surface area (Å²) in [5, 5.41) is 0.699. The molecule has 0 aromatic heterocycles. The van der Waals surface area contributed by atoms with Crippen LogP contribution in [0.1, 0.15) is 30.6 Å². The number of anilines is 1. The molecule has 32 heavy (non-hydrogen) atoms. The van der Waals surface area contributed by atoms with Crippen molar-refractivity contribution in [1.82, 2.24) is 9.21 Å². The first-order valence-electron chi connectivity index (χ1n) is 11.1. The molecule has 0 aliphatic carbocycles. The summed E-state index contributed by atoms with van der Waals surface area (Å²) in [5.74, 6) is 0.625. The number of hydrogen-bond acceptors (Lipinski definition) is 4. The lowest BCUT2D eigenvalue weighted by Gasteiger charge is -2.36. The highest BCUT2D eigenvalue weighted by molar-refractivity contribution is 7.89. The average Bonchev–Trinajstić information content (AvgIpc) is 2.78. The van der Waals surface area contributed by atoms with Crippen molar-refractivity contribution in [3.05, 3.63) is 59.1 Å². The van der Waals surface area contributed by atoms with Crippen molar-refractivity contribution in [2.45, 2.75) is 25.2 Å². The highest BCUT2D eigenvalue weighted by Gasteiger charge is 2.32. The lowest BCUT2D eigenvalue weighted by atomic mass is 9.94. The molecule has 0 N–H and O–H groups in total. The zero-order valence-corrected chi connectivity index (χ0v) is 20.1. The van der Waals surface area contributed by atoms with E-state index >= 15 is 0 Å². The van der Waals surface area contributed by atoms with E-state index in [1.807, 2.05) is 29.2 Å². The van der Waals surface area contributed by atoms with Crippen LogP contribution in [0.4, 0.5) is 5.69 Å². The molecular weight excluding hydrogens is 446 g/mol. The van der Waals surface area contributed by atoms with E-state index < -0.39 is 10.0 Å². The fraction of sp³-hybridized carbons (Fsp3) is 0.458. The molecule has 2 aromatic rings. The Kier molecular flexibility index (Phi) is 6.79. The third kappa shape index (κ3) is 4.95. The second-order valence-electron chi connectivity index (χ2n) is 9.05. The van der Waals surface area contributed by atoms with Gasteiger partial charge in [0.1, 0.15) is 0 Å². The molecule has 8 heteroatoms. The van der Waals surface area contributed by atoms with Crippen LogP contribution in [-0.2, 0) is 10.0 Å². The minimum atomic E-state index is -3.55. The number of amides is 1. The van der Waals surface area contributed by atoms with Crippen molar-refractivity contribution in [2.24, 2.45) is 11.8 Å². The number of sulfonamides is 1. The van der Waals surface area contributed by atoms with Crippen LogP contribution in [0.15, 0.2) is 53.4 Å². The molecule has 2 fully saturated rings. The molecule has 172 valence electrons. The van der Waals surface area contributed by atoms with Gasteiger partial charge in [0.15, 0.2) is 0 Å². The van der Waals surface area contributed by atoms with Crippen molar-refractivity contribution < 1.29 is 13.2 Å². The predicted octanol–water partition coefficient (Wildman–Crippen LogP) is 3.97. The standard InChI is InChI=1S/C24H30ClN3O3S/c1-18-14-19(2)17-28(16-18)32(30,31)23-8-6-20(7-9-23)24(29)27-12-10-26(11-13-27)22-5-3-4-21(25)15-22/h3-9,15,18-19H,10-14,16-17H2,1-2H3. The second kappa shape index (κ2) is 9.41. The Morgan fingerprint density at radius 1 is 0.938 bits per heavy atom. The van der Waals surface area contributed by atoms with Gasteiger partial charge in [-0.05, 0) is 60.7 Å². The number of carbonyl (C=O) groups excluding carboxylic acids is 1. The van der Waals surface area contributed by atoms with Gasteiger partial charge in [-0.3, -0.25) is 4.79 Å². The largest absolute Gasteiger partial charge is 0.368 e. The summed E-state index contributed by atoms with van der Waals surface area (Å²) in [5.41, 5.74) is 1.57. The molecule has 2 heterocycles. The molecule has 2 aliphatic heterocycles. The highest BCUT2D eigenvalue weighted by Crippen LogP contribution is 2.27. The van der Waals surface area contributed by atoms with Crippen LogP contribution in [0.2, 0.25) is 5.02 Å². The van der Waals surface area contributed by atoms with Crippen molar-refractivity contribution in [2.75, 3.05) is 44.2 Å². The molecule has 6 nitrogen and oxygen atoms in total. The minimum Gasteiger partial charge on any atom is -0.368 e. The normalized spacial score (nSPS) is 22.7. The van der Waals surface area contributed by atoms with E-state index in [0.29, 0.717) is 48.6 Å². The highest BCUT2D eigenvalue weighted by atomic mass is 35.5. The minimum absolute atomic E-state index is 0.0695. The first kappa shape index (κ1) is 23.1. The van der Waals surface area contributed by atoms with Crippen LogP contribution < -0.4 is 4.90 Å². The smallest absolute Gasteiger partial charge is 0.253 e. The van der Waals surface area contributed by atoms with Gasteiger partial charge in [0.05, 0.1) is 4.90 Å². The van der Waals surface area contributed by atoms with Crippen molar-refractivity contribution >= 4 is 33.2 Å². The summed E-state index contributed by atoms with van der Waals surface area (Å²) in [6.07, 6.45) is 1.05. The van der Waals surface area contributed by atoms with Gasteiger partial charge in [-0.15, -0.1) is 0 Å². The number of benzene rings is 2. The first-order chi connectivity index (χ1) is 15.2. The average molecular weight is 476 g/mol. The second-order valence-corrected chi connectivity index (χ2v) is 11.4. The number of nitrogens with zero attached hydrogens (tertiary/aromatic N) is 3. The zero-order chi connectivity index (χ0) is 22.9. The van der Waals surface area contributed by atoms with Gasteiger partial charge in [-0.1, -0.05) is 31.5 Å². The van der Waals surface area contributed by atoms with E-state index in [2.05, 4.69) is 18.7 Å². The number of rotatable bonds is 4. The fourth-order valence-corrected chi connectivity index (χ4v) is 6.61. The van der Waals surface area contributed by atoms with E-state index in [1.54, 1.807) is 28.6 Å². The Hall–Kier alpha value is -2.09. The molecule has 0 saturated carbocycles. The Morgan fingerprint density at radius 2 is 1.56 bits per heavy atom. The molecular formula is C24H30ClN3O3S. The summed E-state index contributed by atoms with van der Waals surface area (Å²) >= 11 is 6.09.